The van der Waals surface area contributed by atoms with Crippen molar-refractivity contribution >= 4 is 5.91 Å². The number of phenols is 1. The van der Waals surface area contributed by atoms with Gasteiger partial charge in [0.25, 0.3) is 5.91 Å². The first-order chi connectivity index (χ1) is 8.06. The summed E-state index contributed by atoms with van der Waals surface area (Å²) in [6.45, 7) is 1.78. The minimum Gasteiger partial charge on any atom is -0.505 e. The lowest BCUT2D eigenvalue weighted by Gasteiger charge is -2.13. The molecule has 92 valence electrons. The minimum absolute atomic E-state index is 0.125. The van der Waals surface area contributed by atoms with Gasteiger partial charge in [-0.15, -0.1) is 0 Å². The highest BCUT2D eigenvalue weighted by Crippen LogP contribution is 2.17. The molecule has 0 aliphatic carbocycles. The van der Waals surface area contributed by atoms with Gasteiger partial charge in [0.1, 0.15) is 0 Å². The Bertz CT molecular complexity index is 437. The van der Waals surface area contributed by atoms with Crippen molar-refractivity contribution in [2.24, 2.45) is 0 Å². The zero-order valence-corrected chi connectivity index (χ0v) is 9.61. The Morgan fingerprint density at radius 2 is 2.35 bits per heavy atom. The predicted molar refractivity (Wildman–Crippen MR) is 61.4 cm³/mol. The molecular formula is C12H15FN2O2. The fraction of sp³-hybridized carbons (Fsp3) is 0.417. The van der Waals surface area contributed by atoms with Crippen LogP contribution in [0.15, 0.2) is 18.2 Å². The standard InChI is InChI=1S/C12H15FN2O2/c1-15-5-4-9(7-15)14-12(17)8-2-3-10(13)11(16)6-8/h2-3,6,9,16H,4-5,7H2,1H3,(H,14,17). The van der Waals surface area contributed by atoms with Gasteiger partial charge in [0, 0.05) is 18.2 Å². The number of nitrogens with one attached hydrogen (secondary N) is 1. The molecule has 4 nitrogen and oxygen atoms in total. The van der Waals surface area contributed by atoms with Gasteiger partial charge in [-0.1, -0.05) is 0 Å². The number of aromatic hydroxyl groups is 1. The smallest absolute Gasteiger partial charge is 0.251 e. The van der Waals surface area contributed by atoms with Crippen LogP contribution in [0.25, 0.3) is 0 Å². The molecule has 2 N–H and O–H groups in total. The molecule has 0 spiro atoms. The summed E-state index contributed by atoms with van der Waals surface area (Å²) in [4.78, 5) is 13.9. The maximum absolute atomic E-state index is 12.8. The van der Waals surface area contributed by atoms with E-state index in [0.717, 1.165) is 31.6 Å². The molecule has 5 heteroatoms. The third-order valence-corrected chi connectivity index (χ3v) is 2.93. The number of carbonyl (C=O) groups excluding carboxylic acids is 1. The van der Waals surface area contributed by atoms with E-state index >= 15 is 0 Å². The molecule has 1 aromatic carbocycles. The molecule has 17 heavy (non-hydrogen) atoms. The molecule has 1 unspecified atom stereocenters. The van der Waals surface area contributed by atoms with Crippen LogP contribution in [0.4, 0.5) is 4.39 Å². The highest BCUT2D eigenvalue weighted by atomic mass is 19.1. The molecule has 0 saturated carbocycles. The summed E-state index contributed by atoms with van der Waals surface area (Å²) < 4.78 is 12.8. The van der Waals surface area contributed by atoms with Crippen molar-refractivity contribution in [3.05, 3.63) is 29.6 Å². The number of likely N-dealkylation sites (N-methyl/N-ethyl adjacent to an activating group) is 1. The minimum atomic E-state index is -0.720. The van der Waals surface area contributed by atoms with Gasteiger partial charge < -0.3 is 15.3 Å². The molecule has 0 aromatic heterocycles. The second-order valence-corrected chi connectivity index (χ2v) is 4.39. The summed E-state index contributed by atoms with van der Waals surface area (Å²) in [7, 11) is 2.00. The molecular weight excluding hydrogens is 223 g/mol. The second kappa shape index (κ2) is 4.71. The fourth-order valence-corrected chi connectivity index (χ4v) is 1.98. The van der Waals surface area contributed by atoms with Crippen molar-refractivity contribution in [1.82, 2.24) is 10.2 Å². The van der Waals surface area contributed by atoms with Gasteiger partial charge in [-0.3, -0.25) is 4.79 Å². The van der Waals surface area contributed by atoms with Crippen LogP contribution in [0.5, 0.6) is 5.75 Å². The number of carbonyl (C=O) groups is 1. The topological polar surface area (TPSA) is 52.6 Å². The summed E-state index contributed by atoms with van der Waals surface area (Å²) in [6, 6.07) is 3.72. The van der Waals surface area contributed by atoms with E-state index in [9.17, 15) is 14.3 Å². The molecule has 1 saturated heterocycles. The van der Waals surface area contributed by atoms with Gasteiger partial charge in [0.15, 0.2) is 11.6 Å². The average Bonchev–Trinajstić information content (AvgIpc) is 2.68. The molecule has 1 amide bonds. The van der Waals surface area contributed by atoms with Crippen LogP contribution in [0.1, 0.15) is 16.8 Å². The van der Waals surface area contributed by atoms with E-state index < -0.39 is 11.6 Å². The molecule has 1 aromatic rings. The zero-order chi connectivity index (χ0) is 12.4. The number of phenolic OH excluding ortho intramolecular Hbond substituents is 1. The molecule has 0 radical (unpaired) electrons. The highest BCUT2D eigenvalue weighted by molar-refractivity contribution is 5.94. The second-order valence-electron chi connectivity index (χ2n) is 4.39. The van der Waals surface area contributed by atoms with Gasteiger partial charge in [0.2, 0.25) is 0 Å². The number of amides is 1. The van der Waals surface area contributed by atoms with Crippen molar-refractivity contribution in [3.63, 3.8) is 0 Å². The van der Waals surface area contributed by atoms with Gasteiger partial charge in [-0.05, 0) is 38.2 Å². The Morgan fingerprint density at radius 3 is 2.94 bits per heavy atom. The van der Waals surface area contributed by atoms with Crippen molar-refractivity contribution in [1.29, 1.82) is 0 Å². The number of rotatable bonds is 2. The molecule has 1 aliphatic rings. The number of hydrogen-bond acceptors (Lipinski definition) is 3. The molecule has 1 atom stereocenters. The average molecular weight is 238 g/mol. The Morgan fingerprint density at radius 1 is 1.59 bits per heavy atom. The van der Waals surface area contributed by atoms with Crippen LogP contribution in [-0.2, 0) is 0 Å². The lowest BCUT2D eigenvalue weighted by atomic mass is 10.1. The monoisotopic (exact) mass is 238 g/mol. The SMILES string of the molecule is CN1CCC(NC(=O)c2ccc(F)c(O)c2)C1. The van der Waals surface area contributed by atoms with Crippen LogP contribution in [-0.4, -0.2) is 42.1 Å². The van der Waals surface area contributed by atoms with Crippen molar-refractivity contribution in [3.8, 4) is 5.75 Å². The third-order valence-electron chi connectivity index (χ3n) is 2.93. The first kappa shape index (κ1) is 11.9. The van der Waals surface area contributed by atoms with Gasteiger partial charge in [-0.25, -0.2) is 4.39 Å². The number of nitrogens with zero attached hydrogens (tertiary/aromatic N) is 1. The Hall–Kier alpha value is -1.62. The van der Waals surface area contributed by atoms with E-state index in [2.05, 4.69) is 10.2 Å². The molecule has 1 fully saturated rings. The van der Waals surface area contributed by atoms with Crippen LogP contribution < -0.4 is 5.32 Å². The van der Waals surface area contributed by atoms with E-state index in [0.29, 0.717) is 0 Å². The summed E-state index contributed by atoms with van der Waals surface area (Å²) in [6.07, 6.45) is 0.912. The molecule has 2 rings (SSSR count). The first-order valence-corrected chi connectivity index (χ1v) is 5.54. The van der Waals surface area contributed by atoms with Crippen LogP contribution >= 0.6 is 0 Å². The van der Waals surface area contributed by atoms with Crippen molar-refractivity contribution in [2.45, 2.75) is 12.5 Å². The summed E-state index contributed by atoms with van der Waals surface area (Å²) >= 11 is 0. The molecule has 0 bridgehead atoms. The number of hydrogen-bond donors (Lipinski definition) is 2. The molecule has 1 aliphatic heterocycles. The zero-order valence-electron chi connectivity index (χ0n) is 9.61. The maximum Gasteiger partial charge on any atom is 0.251 e. The lowest BCUT2D eigenvalue weighted by Crippen LogP contribution is -2.36. The largest absolute Gasteiger partial charge is 0.505 e. The Labute approximate surface area is 99.0 Å². The first-order valence-electron chi connectivity index (χ1n) is 5.54. The van der Waals surface area contributed by atoms with Gasteiger partial charge in [0.05, 0.1) is 0 Å². The summed E-state index contributed by atoms with van der Waals surface area (Å²) in [5, 5.41) is 12.0. The van der Waals surface area contributed by atoms with E-state index in [1.165, 1.54) is 6.07 Å². The third kappa shape index (κ3) is 2.74. The lowest BCUT2D eigenvalue weighted by molar-refractivity contribution is 0.0938. The summed E-state index contributed by atoms with van der Waals surface area (Å²) in [5.74, 6) is -1.50. The van der Waals surface area contributed by atoms with E-state index in [-0.39, 0.29) is 17.5 Å². The highest BCUT2D eigenvalue weighted by Gasteiger charge is 2.21. The van der Waals surface area contributed by atoms with E-state index in [1.54, 1.807) is 0 Å². The van der Waals surface area contributed by atoms with E-state index in [1.807, 2.05) is 7.05 Å². The fourth-order valence-electron chi connectivity index (χ4n) is 1.98. The van der Waals surface area contributed by atoms with Gasteiger partial charge in [-0.2, -0.15) is 0 Å². The summed E-state index contributed by atoms with van der Waals surface area (Å²) in [5.41, 5.74) is 0.276. The van der Waals surface area contributed by atoms with Crippen LogP contribution in [0, 0.1) is 5.82 Å². The van der Waals surface area contributed by atoms with Crippen LogP contribution in [0.3, 0.4) is 0 Å². The van der Waals surface area contributed by atoms with Crippen molar-refractivity contribution < 1.29 is 14.3 Å². The van der Waals surface area contributed by atoms with Crippen molar-refractivity contribution in [2.75, 3.05) is 20.1 Å². The normalized spacial score (nSPS) is 20.5. The van der Waals surface area contributed by atoms with Crippen LogP contribution in [0.2, 0.25) is 0 Å². The predicted octanol–water partition coefficient (Wildman–Crippen LogP) is 0.965. The number of benzene rings is 1. The number of halogens is 1. The Balaban J connectivity index is 2.02. The number of likely N-dealkylation sites (tertiary alicyclic amines) is 1. The van der Waals surface area contributed by atoms with Gasteiger partial charge >= 0.3 is 0 Å². The molecule has 1 heterocycles. The quantitative estimate of drug-likeness (QED) is 0.807. The maximum atomic E-state index is 12.8. The Kier molecular flexibility index (Phi) is 3.28. The van der Waals surface area contributed by atoms with E-state index in [4.69, 9.17) is 0 Å².